The van der Waals surface area contributed by atoms with Crippen LogP contribution in [0, 0.1) is 5.82 Å². The molecule has 0 spiro atoms. The van der Waals surface area contributed by atoms with Gasteiger partial charge in [0.25, 0.3) is 5.89 Å². The summed E-state index contributed by atoms with van der Waals surface area (Å²) in [6.45, 7) is 0. The van der Waals surface area contributed by atoms with Crippen LogP contribution in [0.2, 0.25) is 0 Å². The Labute approximate surface area is 125 Å². The van der Waals surface area contributed by atoms with E-state index in [9.17, 15) is 4.39 Å². The van der Waals surface area contributed by atoms with Crippen LogP contribution in [0.25, 0.3) is 11.5 Å². The van der Waals surface area contributed by atoms with E-state index in [0.717, 1.165) is 10.5 Å². The number of nitrogen functional groups attached to an aromatic ring is 1. The lowest BCUT2D eigenvalue weighted by Crippen LogP contribution is -1.91. The van der Waals surface area contributed by atoms with Gasteiger partial charge in [0.05, 0.1) is 5.75 Å². The molecule has 6 heteroatoms. The Balaban J connectivity index is 1.70. The fourth-order valence-electron chi connectivity index (χ4n) is 1.80. The van der Waals surface area contributed by atoms with Crippen LogP contribution in [-0.4, -0.2) is 10.1 Å². The highest BCUT2D eigenvalue weighted by atomic mass is 32.2. The quantitative estimate of drug-likeness (QED) is 0.587. The smallest absolute Gasteiger partial charge is 0.257 e. The SMILES string of the molecule is Nc1cc(F)ccc1SCc1noc(-c2ccccc2)n1. The van der Waals surface area contributed by atoms with Crippen molar-refractivity contribution >= 4 is 17.4 Å². The lowest BCUT2D eigenvalue weighted by molar-refractivity contribution is 0.425. The summed E-state index contributed by atoms with van der Waals surface area (Å²) in [4.78, 5) is 5.12. The van der Waals surface area contributed by atoms with Gasteiger partial charge in [0.15, 0.2) is 5.82 Å². The summed E-state index contributed by atoms with van der Waals surface area (Å²) < 4.78 is 18.2. The van der Waals surface area contributed by atoms with Gasteiger partial charge in [-0.15, -0.1) is 11.8 Å². The summed E-state index contributed by atoms with van der Waals surface area (Å²) in [6, 6.07) is 13.9. The molecule has 0 radical (unpaired) electrons. The zero-order valence-electron chi connectivity index (χ0n) is 11.0. The van der Waals surface area contributed by atoms with E-state index in [4.69, 9.17) is 10.3 Å². The van der Waals surface area contributed by atoms with E-state index in [0.29, 0.717) is 23.2 Å². The van der Waals surface area contributed by atoms with Crippen LogP contribution in [0.15, 0.2) is 57.9 Å². The number of benzene rings is 2. The molecule has 0 bridgehead atoms. The molecular weight excluding hydrogens is 289 g/mol. The molecule has 106 valence electrons. The maximum atomic E-state index is 13.0. The van der Waals surface area contributed by atoms with Crippen molar-refractivity contribution in [1.82, 2.24) is 10.1 Å². The number of aromatic nitrogens is 2. The molecule has 0 unspecified atom stereocenters. The van der Waals surface area contributed by atoms with Gasteiger partial charge < -0.3 is 10.3 Å². The summed E-state index contributed by atoms with van der Waals surface area (Å²) in [5.74, 6) is 1.22. The average molecular weight is 301 g/mol. The largest absolute Gasteiger partial charge is 0.398 e. The first-order valence-electron chi connectivity index (χ1n) is 6.28. The maximum Gasteiger partial charge on any atom is 0.257 e. The molecule has 3 rings (SSSR count). The Bertz CT molecular complexity index is 746. The fourth-order valence-corrected chi connectivity index (χ4v) is 2.60. The highest BCUT2D eigenvalue weighted by Crippen LogP contribution is 2.28. The second kappa shape index (κ2) is 5.97. The monoisotopic (exact) mass is 301 g/mol. The van der Waals surface area contributed by atoms with E-state index < -0.39 is 0 Å². The number of hydrogen-bond donors (Lipinski definition) is 1. The average Bonchev–Trinajstić information content (AvgIpc) is 2.96. The molecule has 0 aliphatic carbocycles. The number of hydrogen-bond acceptors (Lipinski definition) is 5. The van der Waals surface area contributed by atoms with Gasteiger partial charge in [-0.1, -0.05) is 23.4 Å². The molecule has 21 heavy (non-hydrogen) atoms. The first-order valence-corrected chi connectivity index (χ1v) is 7.27. The van der Waals surface area contributed by atoms with Crippen LogP contribution >= 0.6 is 11.8 Å². The van der Waals surface area contributed by atoms with Crippen LogP contribution in [0.4, 0.5) is 10.1 Å². The van der Waals surface area contributed by atoms with Gasteiger partial charge in [0.1, 0.15) is 5.82 Å². The van der Waals surface area contributed by atoms with E-state index >= 15 is 0 Å². The fraction of sp³-hybridized carbons (Fsp3) is 0.0667. The second-order valence-electron chi connectivity index (χ2n) is 4.35. The Kier molecular flexibility index (Phi) is 3.87. The Morgan fingerprint density at radius 1 is 1.14 bits per heavy atom. The van der Waals surface area contributed by atoms with Crippen molar-refractivity contribution < 1.29 is 8.91 Å². The van der Waals surface area contributed by atoms with Crippen LogP contribution in [-0.2, 0) is 5.75 Å². The lowest BCUT2D eigenvalue weighted by Gasteiger charge is -2.02. The van der Waals surface area contributed by atoms with Crippen molar-refractivity contribution in [3.8, 4) is 11.5 Å². The molecule has 1 aromatic heterocycles. The van der Waals surface area contributed by atoms with Crippen molar-refractivity contribution in [3.05, 3.63) is 60.2 Å². The highest BCUT2D eigenvalue weighted by molar-refractivity contribution is 7.98. The summed E-state index contributed by atoms with van der Waals surface area (Å²) in [5.41, 5.74) is 7.04. The molecule has 0 saturated carbocycles. The molecule has 0 atom stereocenters. The topological polar surface area (TPSA) is 64.9 Å². The van der Waals surface area contributed by atoms with Gasteiger partial charge in [-0.25, -0.2) is 4.39 Å². The number of thioether (sulfide) groups is 1. The van der Waals surface area contributed by atoms with E-state index in [1.165, 1.54) is 23.9 Å². The van der Waals surface area contributed by atoms with Crippen LogP contribution in [0.3, 0.4) is 0 Å². The summed E-state index contributed by atoms with van der Waals surface area (Å²) >= 11 is 1.44. The third-order valence-corrected chi connectivity index (χ3v) is 3.90. The van der Waals surface area contributed by atoms with Gasteiger partial charge in [0.2, 0.25) is 0 Å². The number of nitrogens with zero attached hydrogens (tertiary/aromatic N) is 2. The number of nitrogens with two attached hydrogens (primary N) is 1. The Morgan fingerprint density at radius 3 is 2.71 bits per heavy atom. The van der Waals surface area contributed by atoms with Crippen LogP contribution < -0.4 is 5.73 Å². The molecule has 0 aliphatic rings. The number of anilines is 1. The number of halogens is 1. The lowest BCUT2D eigenvalue weighted by atomic mass is 10.2. The molecule has 2 N–H and O–H groups in total. The zero-order valence-corrected chi connectivity index (χ0v) is 11.8. The third kappa shape index (κ3) is 3.22. The molecule has 0 saturated heterocycles. The summed E-state index contributed by atoms with van der Waals surface area (Å²) in [7, 11) is 0. The van der Waals surface area contributed by atoms with Crippen molar-refractivity contribution in [2.24, 2.45) is 0 Å². The van der Waals surface area contributed by atoms with Crippen molar-refractivity contribution in [2.45, 2.75) is 10.6 Å². The van der Waals surface area contributed by atoms with Crippen LogP contribution in [0.1, 0.15) is 5.82 Å². The molecule has 1 heterocycles. The highest BCUT2D eigenvalue weighted by Gasteiger charge is 2.09. The van der Waals surface area contributed by atoms with Crippen molar-refractivity contribution in [3.63, 3.8) is 0 Å². The van der Waals surface area contributed by atoms with E-state index in [-0.39, 0.29) is 5.82 Å². The normalized spacial score (nSPS) is 10.7. The second-order valence-corrected chi connectivity index (χ2v) is 5.37. The minimum Gasteiger partial charge on any atom is -0.398 e. The molecule has 3 aromatic rings. The standard InChI is InChI=1S/C15H12FN3OS/c16-11-6-7-13(12(17)8-11)21-9-14-18-15(20-19-14)10-4-2-1-3-5-10/h1-8H,9,17H2. The van der Waals surface area contributed by atoms with Gasteiger partial charge in [-0.3, -0.25) is 0 Å². The predicted octanol–water partition coefficient (Wildman–Crippen LogP) is 3.75. The molecule has 4 nitrogen and oxygen atoms in total. The van der Waals surface area contributed by atoms with E-state index in [1.807, 2.05) is 30.3 Å². The first-order chi connectivity index (χ1) is 10.2. The van der Waals surface area contributed by atoms with Crippen molar-refractivity contribution in [1.29, 1.82) is 0 Å². The Hall–Kier alpha value is -2.34. The van der Waals surface area contributed by atoms with Gasteiger partial charge in [0, 0.05) is 16.1 Å². The van der Waals surface area contributed by atoms with Gasteiger partial charge in [-0.2, -0.15) is 4.98 Å². The molecule has 0 amide bonds. The first kappa shape index (κ1) is 13.6. The van der Waals surface area contributed by atoms with E-state index in [1.54, 1.807) is 6.07 Å². The van der Waals surface area contributed by atoms with Crippen molar-refractivity contribution in [2.75, 3.05) is 5.73 Å². The minimum atomic E-state index is -0.345. The van der Waals surface area contributed by atoms with E-state index in [2.05, 4.69) is 10.1 Å². The molecule has 2 aromatic carbocycles. The molecular formula is C15H12FN3OS. The maximum absolute atomic E-state index is 13.0. The predicted molar refractivity (Wildman–Crippen MR) is 80.1 cm³/mol. The Morgan fingerprint density at radius 2 is 1.95 bits per heavy atom. The number of rotatable bonds is 4. The summed E-state index contributed by atoms with van der Waals surface area (Å²) in [6.07, 6.45) is 0. The van der Waals surface area contributed by atoms with Gasteiger partial charge in [-0.05, 0) is 30.3 Å². The zero-order chi connectivity index (χ0) is 14.7. The third-order valence-electron chi connectivity index (χ3n) is 2.82. The van der Waals surface area contributed by atoms with Gasteiger partial charge >= 0.3 is 0 Å². The minimum absolute atomic E-state index is 0.345. The summed E-state index contributed by atoms with van der Waals surface area (Å²) in [5, 5.41) is 3.93. The molecule has 0 fully saturated rings. The van der Waals surface area contributed by atoms with Crippen LogP contribution in [0.5, 0.6) is 0 Å². The molecule has 0 aliphatic heterocycles.